The highest BCUT2D eigenvalue weighted by molar-refractivity contribution is 5.94. The van der Waals surface area contributed by atoms with Gasteiger partial charge < -0.3 is 40.0 Å². The van der Waals surface area contributed by atoms with E-state index in [1.165, 1.54) is 12.1 Å². The SMILES string of the molecule is C=CCn1cc(C[C@@H]2NC(=O)[C@@H](NC(=O)OC(C)(C)C)Cc3cccc(c3)CNC(=O)CO[C@H]3CCN(C2=O)C3C(=O)O)c2cc(F)ccc21. The first-order valence-electron chi connectivity index (χ1n) is 16.4. The molecule has 2 aromatic carbocycles. The van der Waals surface area contributed by atoms with Crippen LogP contribution in [0.1, 0.15) is 43.9 Å². The summed E-state index contributed by atoms with van der Waals surface area (Å²) in [5, 5.41) is 18.9. The van der Waals surface area contributed by atoms with Crippen LogP contribution in [0.15, 0.2) is 61.3 Å². The number of amides is 4. The first kappa shape index (κ1) is 36.1. The molecule has 0 saturated carbocycles. The van der Waals surface area contributed by atoms with Crippen LogP contribution in [0.4, 0.5) is 9.18 Å². The molecule has 4 atom stereocenters. The number of fused-ring (bicyclic) bond motifs is 5. The van der Waals surface area contributed by atoms with E-state index in [0.717, 1.165) is 4.90 Å². The molecule has 2 aliphatic heterocycles. The van der Waals surface area contributed by atoms with Crippen molar-refractivity contribution in [1.29, 1.82) is 0 Å². The van der Waals surface area contributed by atoms with Gasteiger partial charge >= 0.3 is 12.1 Å². The number of hydrogen-bond acceptors (Lipinski definition) is 7. The van der Waals surface area contributed by atoms with Crippen molar-refractivity contribution < 1.29 is 42.9 Å². The minimum absolute atomic E-state index is 0.00965. The van der Waals surface area contributed by atoms with Gasteiger partial charge in [-0.25, -0.2) is 14.0 Å². The summed E-state index contributed by atoms with van der Waals surface area (Å²) >= 11 is 0. The number of nitrogens with one attached hydrogen (secondary N) is 3. The Balaban J connectivity index is 1.57. The van der Waals surface area contributed by atoms with Crippen LogP contribution in [-0.4, -0.2) is 87.3 Å². The molecule has 5 rings (SSSR count). The maximum Gasteiger partial charge on any atom is 0.408 e. The number of carbonyl (C=O) groups excluding carboxylic acids is 4. The van der Waals surface area contributed by atoms with Crippen molar-refractivity contribution in [1.82, 2.24) is 25.4 Å². The first-order valence-corrected chi connectivity index (χ1v) is 16.4. The quantitative estimate of drug-likeness (QED) is 0.286. The normalized spacial score (nSPS) is 22.0. The van der Waals surface area contributed by atoms with Crippen LogP contribution in [0, 0.1) is 5.82 Å². The Morgan fingerprint density at radius 1 is 1.16 bits per heavy atom. The molecule has 4 amide bonds. The molecule has 0 aliphatic carbocycles. The Hall–Kier alpha value is -5.24. The van der Waals surface area contributed by atoms with Gasteiger partial charge in [0.05, 0.1) is 6.10 Å². The van der Waals surface area contributed by atoms with Crippen LogP contribution in [0.25, 0.3) is 10.9 Å². The summed E-state index contributed by atoms with van der Waals surface area (Å²) in [7, 11) is 0. The zero-order chi connectivity index (χ0) is 36.2. The lowest BCUT2D eigenvalue weighted by atomic mass is 10.0. The summed E-state index contributed by atoms with van der Waals surface area (Å²) in [6, 6.07) is 7.29. The summed E-state index contributed by atoms with van der Waals surface area (Å²) in [4.78, 5) is 67.9. The summed E-state index contributed by atoms with van der Waals surface area (Å²) in [6.45, 7) is 8.89. The third-order valence-electron chi connectivity index (χ3n) is 8.53. The van der Waals surface area contributed by atoms with Gasteiger partial charge in [-0.2, -0.15) is 0 Å². The predicted octanol–water partition coefficient (Wildman–Crippen LogP) is 2.83. The average molecular weight is 692 g/mol. The van der Waals surface area contributed by atoms with Crippen molar-refractivity contribution in [2.24, 2.45) is 0 Å². The van der Waals surface area contributed by atoms with Gasteiger partial charge in [0.2, 0.25) is 17.7 Å². The maximum absolute atomic E-state index is 14.5. The van der Waals surface area contributed by atoms with Crippen molar-refractivity contribution in [2.45, 2.75) is 83.0 Å². The fraction of sp³-hybridized carbons (Fsp3) is 0.417. The van der Waals surface area contributed by atoms with Crippen LogP contribution in [0.5, 0.6) is 0 Å². The second-order valence-electron chi connectivity index (χ2n) is 13.5. The Bertz CT molecular complexity index is 1800. The topological polar surface area (TPSA) is 168 Å². The van der Waals surface area contributed by atoms with Crippen molar-refractivity contribution in [3.8, 4) is 0 Å². The number of allylic oxidation sites excluding steroid dienone is 1. The molecule has 1 saturated heterocycles. The Morgan fingerprint density at radius 3 is 2.64 bits per heavy atom. The van der Waals surface area contributed by atoms with Crippen molar-refractivity contribution >= 4 is 40.7 Å². The summed E-state index contributed by atoms with van der Waals surface area (Å²) in [5.74, 6) is -3.76. The fourth-order valence-corrected chi connectivity index (χ4v) is 6.36. The van der Waals surface area contributed by atoms with Gasteiger partial charge in [0, 0.05) is 49.6 Å². The van der Waals surface area contributed by atoms with E-state index >= 15 is 0 Å². The molecule has 0 spiro atoms. The molecule has 14 heteroatoms. The smallest absolute Gasteiger partial charge is 0.408 e. The minimum Gasteiger partial charge on any atom is -0.480 e. The third-order valence-corrected chi connectivity index (χ3v) is 8.53. The molecule has 0 radical (unpaired) electrons. The number of hydrogen-bond donors (Lipinski definition) is 4. The zero-order valence-electron chi connectivity index (χ0n) is 28.2. The average Bonchev–Trinajstić information content (AvgIpc) is 3.62. The number of aromatic nitrogens is 1. The molecule has 1 unspecified atom stereocenters. The van der Waals surface area contributed by atoms with Gasteiger partial charge in [0.1, 0.15) is 30.1 Å². The van der Waals surface area contributed by atoms with Crippen molar-refractivity contribution in [3.05, 3.63) is 83.8 Å². The van der Waals surface area contributed by atoms with Gasteiger partial charge in [-0.3, -0.25) is 14.4 Å². The largest absolute Gasteiger partial charge is 0.480 e. The summed E-state index contributed by atoms with van der Waals surface area (Å²) in [6.07, 6.45) is 1.53. The molecule has 50 heavy (non-hydrogen) atoms. The molecule has 2 aliphatic rings. The van der Waals surface area contributed by atoms with E-state index in [-0.39, 0.29) is 32.4 Å². The fourth-order valence-electron chi connectivity index (χ4n) is 6.36. The number of halogens is 1. The molecule has 1 fully saturated rings. The highest BCUT2D eigenvalue weighted by atomic mass is 19.1. The van der Waals surface area contributed by atoms with E-state index < -0.39 is 72.0 Å². The number of ether oxygens (including phenoxy) is 2. The highest BCUT2D eigenvalue weighted by Gasteiger charge is 2.45. The van der Waals surface area contributed by atoms with Crippen LogP contribution in [0.2, 0.25) is 0 Å². The van der Waals surface area contributed by atoms with E-state index in [0.29, 0.717) is 34.1 Å². The van der Waals surface area contributed by atoms with E-state index in [1.807, 2.05) is 4.57 Å². The first-order chi connectivity index (χ1) is 23.7. The molecule has 4 bridgehead atoms. The van der Waals surface area contributed by atoms with E-state index in [1.54, 1.807) is 63.4 Å². The molecule has 13 nitrogen and oxygen atoms in total. The Labute approximate surface area is 288 Å². The highest BCUT2D eigenvalue weighted by Crippen LogP contribution is 2.27. The maximum atomic E-state index is 14.5. The van der Waals surface area contributed by atoms with Crippen molar-refractivity contribution in [2.75, 3.05) is 13.2 Å². The summed E-state index contributed by atoms with van der Waals surface area (Å²) < 4.78 is 27.5. The Morgan fingerprint density at radius 2 is 1.92 bits per heavy atom. The standard InChI is InChI=1S/C36H42FN5O8/c1-5-12-41-19-23(25-17-24(37)9-10-28(25)41)16-27-33(45)42-13-11-29(31(42)34(46)47)49-20-30(43)38-18-22-8-6-7-21(14-22)15-26(32(44)39-27)40-35(48)50-36(2,3)4/h5-10,14,17,19,26-27,29,31H,1,11-13,15-16,18,20H2,2-4H3,(H,38,43)(H,39,44)(H,40,48)(H,46,47)/t26-,27-,29-,31?/m0/s1. The second-order valence-corrected chi connectivity index (χ2v) is 13.5. The van der Waals surface area contributed by atoms with Gasteiger partial charge in [0.15, 0.2) is 6.04 Å². The molecule has 3 aromatic rings. The van der Waals surface area contributed by atoms with Crippen LogP contribution in [-0.2, 0) is 54.6 Å². The predicted molar refractivity (Wildman–Crippen MR) is 180 cm³/mol. The van der Waals surface area contributed by atoms with E-state index in [2.05, 4.69) is 22.5 Å². The number of rotatable bonds is 6. The lowest BCUT2D eigenvalue weighted by Gasteiger charge is -2.30. The van der Waals surface area contributed by atoms with Crippen LogP contribution < -0.4 is 16.0 Å². The number of aliphatic carboxylic acids is 1. The molecule has 1 aromatic heterocycles. The molecular weight excluding hydrogens is 649 g/mol. The van der Waals surface area contributed by atoms with Crippen LogP contribution >= 0.6 is 0 Å². The minimum atomic E-state index is -1.45. The molecular formula is C36H42FN5O8. The molecule has 3 heterocycles. The van der Waals surface area contributed by atoms with Gasteiger partial charge in [-0.1, -0.05) is 30.3 Å². The summed E-state index contributed by atoms with van der Waals surface area (Å²) in [5.41, 5.74) is 1.68. The molecule has 266 valence electrons. The number of carboxylic acid groups (broad SMARTS) is 1. The van der Waals surface area contributed by atoms with Gasteiger partial charge in [0.25, 0.3) is 0 Å². The lowest BCUT2D eigenvalue weighted by molar-refractivity contribution is -0.154. The van der Waals surface area contributed by atoms with E-state index in [4.69, 9.17) is 9.47 Å². The van der Waals surface area contributed by atoms with Gasteiger partial charge in [-0.15, -0.1) is 6.58 Å². The monoisotopic (exact) mass is 691 g/mol. The van der Waals surface area contributed by atoms with E-state index in [9.17, 15) is 33.5 Å². The van der Waals surface area contributed by atoms with Crippen LogP contribution in [0.3, 0.4) is 0 Å². The second kappa shape index (κ2) is 15.1. The number of benzene rings is 2. The number of carboxylic acids is 1. The van der Waals surface area contributed by atoms with Crippen molar-refractivity contribution in [3.63, 3.8) is 0 Å². The zero-order valence-corrected chi connectivity index (χ0v) is 28.2. The number of carbonyl (C=O) groups is 5. The number of nitrogens with zero attached hydrogens (tertiary/aromatic N) is 2. The third kappa shape index (κ3) is 8.67. The van der Waals surface area contributed by atoms with Gasteiger partial charge in [-0.05, 0) is 62.1 Å². The lowest BCUT2D eigenvalue weighted by Crippen LogP contribution is -2.58. The Kier molecular flexibility index (Phi) is 10.9. The number of alkyl carbamates (subject to hydrolysis) is 1. The molecule has 4 N–H and O–H groups in total.